The van der Waals surface area contributed by atoms with Gasteiger partial charge in [-0.05, 0) is 42.7 Å². The van der Waals surface area contributed by atoms with Crippen molar-refractivity contribution in [3.05, 3.63) is 70.3 Å². The van der Waals surface area contributed by atoms with Gasteiger partial charge in [0, 0.05) is 6.42 Å². The molecule has 2 N–H and O–H groups in total. The van der Waals surface area contributed by atoms with Gasteiger partial charge >= 0.3 is 5.97 Å². The third kappa shape index (κ3) is 3.76. The van der Waals surface area contributed by atoms with Gasteiger partial charge in [0.15, 0.2) is 11.6 Å². The van der Waals surface area contributed by atoms with Crippen molar-refractivity contribution in [3.63, 3.8) is 0 Å². The van der Waals surface area contributed by atoms with Gasteiger partial charge in [-0.1, -0.05) is 24.3 Å². The molecule has 0 aromatic heterocycles. The van der Waals surface area contributed by atoms with Crippen molar-refractivity contribution in [2.24, 2.45) is 0 Å². The molecule has 6 heteroatoms. The lowest BCUT2D eigenvalue weighted by Crippen LogP contribution is -2.43. The summed E-state index contributed by atoms with van der Waals surface area (Å²) in [5.41, 5.74) is 2.06. The van der Waals surface area contributed by atoms with Gasteiger partial charge < -0.3 is 10.4 Å². The Balaban J connectivity index is 2.25. The van der Waals surface area contributed by atoms with Crippen molar-refractivity contribution < 1.29 is 23.5 Å². The average molecular weight is 333 g/mol. The predicted molar refractivity (Wildman–Crippen MR) is 84.9 cm³/mol. The number of nitrogens with one attached hydrogen (secondary N) is 1. The second kappa shape index (κ2) is 7.21. The molecule has 126 valence electrons. The summed E-state index contributed by atoms with van der Waals surface area (Å²) in [5.74, 6) is -4.68. The van der Waals surface area contributed by atoms with Crippen molar-refractivity contribution in [1.82, 2.24) is 5.32 Å². The van der Waals surface area contributed by atoms with Crippen molar-refractivity contribution >= 4 is 11.9 Å². The number of aliphatic carboxylic acids is 1. The maximum absolute atomic E-state index is 13.7. The molecular formula is C18H17F2NO3. The molecule has 0 fully saturated rings. The number of carboxylic acids is 1. The van der Waals surface area contributed by atoms with Crippen LogP contribution in [0.5, 0.6) is 0 Å². The quantitative estimate of drug-likeness (QED) is 0.884. The van der Waals surface area contributed by atoms with E-state index in [2.05, 4.69) is 5.32 Å². The van der Waals surface area contributed by atoms with Crippen LogP contribution in [0.25, 0.3) is 0 Å². The van der Waals surface area contributed by atoms with Crippen LogP contribution >= 0.6 is 0 Å². The molecule has 24 heavy (non-hydrogen) atoms. The van der Waals surface area contributed by atoms with E-state index in [1.165, 1.54) is 6.07 Å². The average Bonchev–Trinajstić information content (AvgIpc) is 2.52. The largest absolute Gasteiger partial charge is 0.480 e. The smallest absolute Gasteiger partial charge is 0.326 e. The minimum Gasteiger partial charge on any atom is -0.480 e. The van der Waals surface area contributed by atoms with Crippen LogP contribution in [-0.2, 0) is 11.2 Å². The van der Waals surface area contributed by atoms with E-state index in [0.717, 1.165) is 28.8 Å². The summed E-state index contributed by atoms with van der Waals surface area (Å²) in [5, 5.41) is 11.6. The van der Waals surface area contributed by atoms with Gasteiger partial charge in [-0.25, -0.2) is 13.6 Å². The highest BCUT2D eigenvalue weighted by molar-refractivity contribution is 5.96. The SMILES string of the molecule is Cc1cccc(C)c1C[C@H](NC(=O)c1cccc(F)c1F)C(=O)O. The molecule has 0 aliphatic heterocycles. The minimum atomic E-state index is -1.30. The zero-order valence-electron chi connectivity index (χ0n) is 13.3. The van der Waals surface area contributed by atoms with Crippen LogP contribution in [0, 0.1) is 25.5 Å². The van der Waals surface area contributed by atoms with Crippen molar-refractivity contribution in [1.29, 1.82) is 0 Å². The topological polar surface area (TPSA) is 66.4 Å². The molecule has 0 spiro atoms. The van der Waals surface area contributed by atoms with Crippen LogP contribution < -0.4 is 5.32 Å². The van der Waals surface area contributed by atoms with Gasteiger partial charge in [-0.2, -0.15) is 0 Å². The fourth-order valence-electron chi connectivity index (χ4n) is 2.49. The van der Waals surface area contributed by atoms with Gasteiger partial charge in [0.25, 0.3) is 5.91 Å². The van der Waals surface area contributed by atoms with Gasteiger partial charge in [0.2, 0.25) is 0 Å². The highest BCUT2D eigenvalue weighted by Gasteiger charge is 2.24. The number of carbonyl (C=O) groups excluding carboxylic acids is 1. The second-order valence-electron chi connectivity index (χ2n) is 5.54. The summed E-state index contributed by atoms with van der Waals surface area (Å²) in [7, 11) is 0. The number of carbonyl (C=O) groups is 2. The maximum Gasteiger partial charge on any atom is 0.326 e. The van der Waals surface area contributed by atoms with E-state index in [1.54, 1.807) is 0 Å². The van der Waals surface area contributed by atoms with Gasteiger partial charge in [-0.15, -0.1) is 0 Å². The van der Waals surface area contributed by atoms with Gasteiger partial charge in [0.1, 0.15) is 6.04 Å². The lowest BCUT2D eigenvalue weighted by molar-refractivity contribution is -0.139. The number of hydrogen-bond acceptors (Lipinski definition) is 2. The van der Waals surface area contributed by atoms with Crippen LogP contribution in [0.15, 0.2) is 36.4 Å². The van der Waals surface area contributed by atoms with E-state index in [1.807, 2.05) is 32.0 Å². The number of benzene rings is 2. The molecule has 1 amide bonds. The number of aryl methyl sites for hydroxylation is 2. The Morgan fingerprint density at radius 1 is 1.08 bits per heavy atom. The highest BCUT2D eigenvalue weighted by Crippen LogP contribution is 2.16. The third-order valence-corrected chi connectivity index (χ3v) is 3.85. The molecule has 0 aliphatic rings. The molecule has 0 radical (unpaired) electrons. The standard InChI is InChI=1S/C18H17F2NO3/c1-10-5-3-6-11(2)13(10)9-15(18(23)24)21-17(22)12-7-4-8-14(19)16(12)20/h3-8,15H,9H2,1-2H3,(H,21,22)(H,23,24)/t15-/m0/s1. The summed E-state index contributed by atoms with van der Waals surface area (Å²) in [4.78, 5) is 23.6. The molecule has 0 heterocycles. The molecule has 0 aliphatic carbocycles. The molecule has 2 aromatic rings. The molecular weight excluding hydrogens is 316 g/mol. The van der Waals surface area contributed by atoms with Crippen LogP contribution in [0.4, 0.5) is 8.78 Å². The van der Waals surface area contributed by atoms with E-state index in [4.69, 9.17) is 0 Å². The van der Waals surface area contributed by atoms with Gasteiger partial charge in [0.05, 0.1) is 5.56 Å². The van der Waals surface area contributed by atoms with E-state index in [9.17, 15) is 23.5 Å². The van der Waals surface area contributed by atoms with Crippen LogP contribution in [0.3, 0.4) is 0 Å². The molecule has 0 unspecified atom stereocenters. The van der Waals surface area contributed by atoms with Crippen molar-refractivity contribution in [2.45, 2.75) is 26.3 Å². The first-order valence-corrected chi connectivity index (χ1v) is 7.34. The molecule has 4 nitrogen and oxygen atoms in total. The Morgan fingerprint density at radius 2 is 1.67 bits per heavy atom. The Kier molecular flexibility index (Phi) is 5.28. The first-order chi connectivity index (χ1) is 11.3. The molecule has 0 bridgehead atoms. The normalized spacial score (nSPS) is 11.8. The summed E-state index contributed by atoms with van der Waals surface area (Å²) in [6.07, 6.45) is 0.0521. The van der Waals surface area contributed by atoms with Crippen LogP contribution in [0.1, 0.15) is 27.0 Å². The minimum absolute atomic E-state index is 0.0521. The summed E-state index contributed by atoms with van der Waals surface area (Å²) in [6, 6.07) is 7.47. The maximum atomic E-state index is 13.7. The van der Waals surface area contributed by atoms with E-state index in [0.29, 0.717) is 0 Å². The van der Waals surface area contributed by atoms with Crippen molar-refractivity contribution in [2.75, 3.05) is 0 Å². The number of carboxylic acid groups (broad SMARTS) is 1. The van der Waals surface area contributed by atoms with Crippen LogP contribution in [-0.4, -0.2) is 23.0 Å². The first kappa shape index (κ1) is 17.6. The number of rotatable bonds is 5. The lowest BCUT2D eigenvalue weighted by Gasteiger charge is -2.17. The predicted octanol–water partition coefficient (Wildman–Crippen LogP) is 3.01. The highest BCUT2D eigenvalue weighted by atomic mass is 19.2. The number of hydrogen-bond donors (Lipinski definition) is 2. The Bertz CT molecular complexity index is 770. The zero-order valence-corrected chi connectivity index (χ0v) is 13.3. The summed E-state index contributed by atoms with van der Waals surface area (Å²) in [6.45, 7) is 3.69. The molecule has 0 saturated carbocycles. The second-order valence-corrected chi connectivity index (χ2v) is 5.54. The molecule has 2 rings (SSSR count). The third-order valence-electron chi connectivity index (χ3n) is 3.85. The summed E-state index contributed by atoms with van der Waals surface area (Å²) >= 11 is 0. The fourth-order valence-corrected chi connectivity index (χ4v) is 2.49. The molecule has 0 saturated heterocycles. The van der Waals surface area contributed by atoms with E-state index < -0.39 is 35.1 Å². The number of halogens is 2. The van der Waals surface area contributed by atoms with Crippen LogP contribution in [0.2, 0.25) is 0 Å². The molecule has 2 aromatic carbocycles. The lowest BCUT2D eigenvalue weighted by atomic mass is 9.96. The monoisotopic (exact) mass is 333 g/mol. The summed E-state index contributed by atoms with van der Waals surface area (Å²) < 4.78 is 26.9. The first-order valence-electron chi connectivity index (χ1n) is 7.34. The zero-order chi connectivity index (χ0) is 17.9. The van der Waals surface area contributed by atoms with Crippen molar-refractivity contribution in [3.8, 4) is 0 Å². The Morgan fingerprint density at radius 3 is 2.25 bits per heavy atom. The van der Waals surface area contributed by atoms with E-state index >= 15 is 0 Å². The fraction of sp³-hybridized carbons (Fsp3) is 0.222. The Labute approximate surface area is 138 Å². The van der Waals surface area contributed by atoms with Gasteiger partial charge in [-0.3, -0.25) is 4.79 Å². The Hall–Kier alpha value is -2.76. The van der Waals surface area contributed by atoms with E-state index in [-0.39, 0.29) is 6.42 Å². The number of amides is 1. The molecule has 1 atom stereocenters.